The molecule has 1 aliphatic rings. The highest BCUT2D eigenvalue weighted by atomic mass is 32.2. The lowest BCUT2D eigenvalue weighted by Gasteiger charge is -2.35. The molecule has 0 bridgehead atoms. The molecule has 0 unspecified atom stereocenters. The van der Waals surface area contributed by atoms with Crippen molar-refractivity contribution in [3.63, 3.8) is 0 Å². The fraction of sp³-hybridized carbons (Fsp3) is 0.550. The van der Waals surface area contributed by atoms with Crippen molar-refractivity contribution in [3.05, 3.63) is 24.3 Å². The molecule has 0 atom stereocenters. The standard InChI is InChI=1S/C20H28N4O5S/c1-19(2,30(26,27)13-20(3)9-11-29-12-10-20)17(25)22-18-21-16(23-24-18)14-5-7-15(28-4)8-6-14/h5-8H,9-13H2,1-4H3,(H2,21,22,23,24,25). The van der Waals surface area contributed by atoms with Gasteiger partial charge in [0.05, 0.1) is 12.9 Å². The van der Waals surface area contributed by atoms with Crippen LogP contribution in [0.5, 0.6) is 5.75 Å². The second-order valence-electron chi connectivity index (χ2n) is 8.40. The number of aromatic nitrogens is 3. The lowest BCUT2D eigenvalue weighted by Crippen LogP contribution is -2.49. The van der Waals surface area contributed by atoms with E-state index in [1.807, 2.05) is 6.92 Å². The monoisotopic (exact) mass is 436 g/mol. The van der Waals surface area contributed by atoms with Gasteiger partial charge in [0.25, 0.3) is 0 Å². The van der Waals surface area contributed by atoms with Crippen LogP contribution in [-0.2, 0) is 19.4 Å². The smallest absolute Gasteiger partial charge is 0.247 e. The number of H-pyrrole nitrogens is 1. The fourth-order valence-corrected chi connectivity index (χ4v) is 5.14. The third-order valence-electron chi connectivity index (χ3n) is 5.64. The Morgan fingerprint density at radius 1 is 1.23 bits per heavy atom. The third-order valence-corrected chi connectivity index (χ3v) is 8.46. The van der Waals surface area contributed by atoms with Crippen molar-refractivity contribution in [2.24, 2.45) is 5.41 Å². The Labute approximate surface area is 176 Å². The number of benzene rings is 1. The molecule has 30 heavy (non-hydrogen) atoms. The normalized spacial score (nSPS) is 16.8. The van der Waals surface area contributed by atoms with E-state index in [2.05, 4.69) is 20.5 Å². The molecule has 1 aromatic carbocycles. The Kier molecular flexibility index (Phi) is 6.19. The number of aromatic amines is 1. The maximum Gasteiger partial charge on any atom is 0.247 e. The highest BCUT2D eigenvalue weighted by molar-refractivity contribution is 7.93. The zero-order valence-electron chi connectivity index (χ0n) is 17.7. The summed E-state index contributed by atoms with van der Waals surface area (Å²) in [5.41, 5.74) is 0.353. The summed E-state index contributed by atoms with van der Waals surface area (Å²) in [4.78, 5) is 15.7. The number of nitrogens with zero attached hydrogens (tertiary/aromatic N) is 2. The summed E-state index contributed by atoms with van der Waals surface area (Å²) in [6.45, 7) is 5.83. The molecule has 10 heteroatoms. The van der Waals surface area contributed by atoms with Crippen LogP contribution in [0, 0.1) is 5.41 Å². The molecule has 2 heterocycles. The minimum absolute atomic E-state index is 0.0721. The molecule has 0 saturated carbocycles. The van der Waals surface area contributed by atoms with Crippen LogP contribution in [0.25, 0.3) is 11.4 Å². The predicted molar refractivity (Wildman–Crippen MR) is 113 cm³/mol. The SMILES string of the molecule is COc1ccc(-c2nnc(NC(=O)C(C)(C)S(=O)(=O)CC3(C)CCOCC3)[nH]2)cc1. The number of ether oxygens (including phenoxy) is 2. The van der Waals surface area contributed by atoms with Gasteiger partial charge in [-0.2, -0.15) is 0 Å². The van der Waals surface area contributed by atoms with Crippen molar-refractivity contribution >= 4 is 21.7 Å². The number of carbonyl (C=O) groups excluding carboxylic acids is 1. The minimum Gasteiger partial charge on any atom is -0.497 e. The zero-order valence-corrected chi connectivity index (χ0v) is 18.5. The van der Waals surface area contributed by atoms with E-state index < -0.39 is 25.9 Å². The van der Waals surface area contributed by atoms with Crippen LogP contribution in [-0.4, -0.2) is 60.3 Å². The number of sulfone groups is 1. The molecular weight excluding hydrogens is 408 g/mol. The number of rotatable bonds is 7. The number of nitrogens with one attached hydrogen (secondary N) is 2. The van der Waals surface area contributed by atoms with Crippen LogP contribution in [0.15, 0.2) is 24.3 Å². The number of hydrogen-bond donors (Lipinski definition) is 2. The average Bonchev–Trinajstić information content (AvgIpc) is 3.16. The van der Waals surface area contributed by atoms with E-state index in [0.717, 1.165) is 5.56 Å². The maximum atomic E-state index is 13.1. The number of hydrogen-bond acceptors (Lipinski definition) is 7. The summed E-state index contributed by atoms with van der Waals surface area (Å²) in [6.07, 6.45) is 1.30. The first-order chi connectivity index (χ1) is 14.1. The van der Waals surface area contributed by atoms with Crippen molar-refractivity contribution in [1.82, 2.24) is 15.2 Å². The van der Waals surface area contributed by atoms with E-state index in [1.54, 1.807) is 31.4 Å². The van der Waals surface area contributed by atoms with Gasteiger partial charge < -0.3 is 14.5 Å². The molecule has 2 N–H and O–H groups in total. The maximum absolute atomic E-state index is 13.1. The zero-order chi connectivity index (χ0) is 22.0. The average molecular weight is 437 g/mol. The molecule has 3 rings (SSSR count). The van der Waals surface area contributed by atoms with Gasteiger partial charge >= 0.3 is 0 Å². The predicted octanol–water partition coefficient (Wildman–Crippen LogP) is 2.43. The summed E-state index contributed by atoms with van der Waals surface area (Å²) in [5, 5.41) is 10.5. The summed E-state index contributed by atoms with van der Waals surface area (Å²) in [5.74, 6) is 0.513. The molecule has 0 aliphatic carbocycles. The van der Waals surface area contributed by atoms with Gasteiger partial charge in [-0.05, 0) is 56.4 Å². The van der Waals surface area contributed by atoms with Crippen LogP contribution in [0.3, 0.4) is 0 Å². The van der Waals surface area contributed by atoms with Crippen molar-refractivity contribution in [2.75, 3.05) is 31.4 Å². The van der Waals surface area contributed by atoms with Crippen LogP contribution in [0.2, 0.25) is 0 Å². The lowest BCUT2D eigenvalue weighted by molar-refractivity contribution is -0.117. The van der Waals surface area contributed by atoms with Crippen molar-refractivity contribution in [1.29, 1.82) is 0 Å². The van der Waals surface area contributed by atoms with E-state index in [4.69, 9.17) is 9.47 Å². The van der Waals surface area contributed by atoms with Crippen LogP contribution in [0.4, 0.5) is 5.95 Å². The van der Waals surface area contributed by atoms with Crippen molar-refractivity contribution < 1.29 is 22.7 Å². The summed E-state index contributed by atoms with van der Waals surface area (Å²) < 4.78 is 35.0. The number of anilines is 1. The molecular formula is C20H28N4O5S. The van der Waals surface area contributed by atoms with Gasteiger partial charge in [-0.25, -0.2) is 8.42 Å². The molecule has 9 nitrogen and oxygen atoms in total. The van der Waals surface area contributed by atoms with E-state index in [0.29, 0.717) is 37.6 Å². The Morgan fingerprint density at radius 3 is 2.47 bits per heavy atom. The molecule has 1 fully saturated rings. The number of amides is 1. The van der Waals surface area contributed by atoms with Gasteiger partial charge in [-0.1, -0.05) is 6.92 Å². The second kappa shape index (κ2) is 8.35. The Morgan fingerprint density at radius 2 is 1.87 bits per heavy atom. The van der Waals surface area contributed by atoms with Crippen LogP contribution >= 0.6 is 0 Å². The van der Waals surface area contributed by atoms with E-state index in [1.165, 1.54) is 13.8 Å². The van der Waals surface area contributed by atoms with Crippen molar-refractivity contribution in [3.8, 4) is 17.1 Å². The quantitative estimate of drug-likeness (QED) is 0.683. The highest BCUT2D eigenvalue weighted by Gasteiger charge is 2.46. The molecule has 0 radical (unpaired) electrons. The Balaban J connectivity index is 1.71. The van der Waals surface area contributed by atoms with Gasteiger partial charge in [-0.3, -0.25) is 10.1 Å². The topological polar surface area (TPSA) is 123 Å². The minimum atomic E-state index is -3.73. The Hall–Kier alpha value is -2.46. The van der Waals surface area contributed by atoms with E-state index >= 15 is 0 Å². The first-order valence-electron chi connectivity index (χ1n) is 9.75. The van der Waals surface area contributed by atoms with Crippen molar-refractivity contribution in [2.45, 2.75) is 38.4 Å². The summed E-state index contributed by atoms with van der Waals surface area (Å²) >= 11 is 0. The fourth-order valence-electron chi connectivity index (χ4n) is 3.24. The first kappa shape index (κ1) is 22.2. The molecule has 1 aliphatic heterocycles. The molecule has 1 amide bonds. The second-order valence-corrected chi connectivity index (χ2v) is 10.9. The molecule has 1 saturated heterocycles. The van der Waals surface area contributed by atoms with Gasteiger partial charge in [0, 0.05) is 18.8 Å². The summed E-state index contributed by atoms with van der Waals surface area (Å²) in [6, 6.07) is 7.16. The third kappa shape index (κ3) is 4.65. The summed E-state index contributed by atoms with van der Waals surface area (Å²) in [7, 11) is -2.16. The van der Waals surface area contributed by atoms with Gasteiger partial charge in [0.15, 0.2) is 15.7 Å². The highest BCUT2D eigenvalue weighted by Crippen LogP contribution is 2.35. The molecule has 1 aromatic heterocycles. The largest absolute Gasteiger partial charge is 0.497 e. The van der Waals surface area contributed by atoms with Gasteiger partial charge in [0.2, 0.25) is 11.9 Å². The number of methoxy groups -OCH3 is 1. The van der Waals surface area contributed by atoms with Crippen LogP contribution < -0.4 is 10.1 Å². The van der Waals surface area contributed by atoms with Gasteiger partial charge in [-0.15, -0.1) is 10.2 Å². The van der Waals surface area contributed by atoms with Gasteiger partial charge in [0.1, 0.15) is 10.5 Å². The first-order valence-corrected chi connectivity index (χ1v) is 11.4. The molecule has 0 spiro atoms. The van der Waals surface area contributed by atoms with Crippen LogP contribution in [0.1, 0.15) is 33.6 Å². The molecule has 164 valence electrons. The van der Waals surface area contributed by atoms with E-state index in [9.17, 15) is 13.2 Å². The lowest BCUT2D eigenvalue weighted by atomic mass is 9.85. The molecule has 2 aromatic rings. The number of carbonyl (C=O) groups is 1. The Bertz CT molecular complexity index is 992. The van der Waals surface area contributed by atoms with E-state index in [-0.39, 0.29) is 11.7 Å².